The molecule has 0 aliphatic heterocycles. The maximum absolute atomic E-state index is 11.9. The van der Waals surface area contributed by atoms with Crippen molar-refractivity contribution in [3.05, 3.63) is 71.0 Å². The van der Waals surface area contributed by atoms with Crippen LogP contribution in [0.4, 0.5) is 0 Å². The van der Waals surface area contributed by atoms with E-state index in [1.807, 2.05) is 60.1 Å². The summed E-state index contributed by atoms with van der Waals surface area (Å²) in [5.41, 5.74) is 2.53. The second-order valence-electron chi connectivity index (χ2n) is 10.9. The molecule has 0 saturated carbocycles. The summed E-state index contributed by atoms with van der Waals surface area (Å²) < 4.78 is 7.34. The van der Waals surface area contributed by atoms with E-state index in [-0.39, 0.29) is 17.4 Å². The second-order valence-corrected chi connectivity index (χ2v) is 10.9. The van der Waals surface area contributed by atoms with Gasteiger partial charge < -0.3 is 9.84 Å². The Balaban J connectivity index is 2.12. The van der Waals surface area contributed by atoms with E-state index in [1.54, 1.807) is 7.11 Å². The number of rotatable bonds is 10. The van der Waals surface area contributed by atoms with Crippen molar-refractivity contribution < 1.29 is 14.6 Å². The molecule has 2 N–H and O–H groups in total. The molecule has 3 aromatic rings. The van der Waals surface area contributed by atoms with E-state index in [9.17, 15) is 9.90 Å². The van der Waals surface area contributed by atoms with Gasteiger partial charge in [-0.25, -0.2) is 4.68 Å². The lowest BCUT2D eigenvalue weighted by Gasteiger charge is -2.34. The topological polar surface area (TPSA) is 102 Å². The number of carboxylic acid groups (broad SMARTS) is 1. The summed E-state index contributed by atoms with van der Waals surface area (Å²) in [6, 6.07) is 14.7. The average Bonchev–Trinajstić information content (AvgIpc) is 3.25. The first-order chi connectivity index (χ1) is 16.4. The minimum absolute atomic E-state index is 0.0546. The van der Waals surface area contributed by atoms with Crippen molar-refractivity contribution in [2.24, 2.45) is 5.41 Å². The summed E-state index contributed by atoms with van der Waals surface area (Å²) in [6.07, 6.45) is 0.760. The summed E-state index contributed by atoms with van der Waals surface area (Å²) in [5, 5.41) is 26.2. The zero-order valence-electron chi connectivity index (χ0n) is 21.7. The van der Waals surface area contributed by atoms with Crippen LogP contribution in [-0.2, 0) is 10.3 Å². The van der Waals surface area contributed by atoms with Crippen LogP contribution in [0.25, 0.3) is 0 Å². The van der Waals surface area contributed by atoms with E-state index in [0.29, 0.717) is 11.6 Å². The highest BCUT2D eigenvalue weighted by Crippen LogP contribution is 2.35. The van der Waals surface area contributed by atoms with Gasteiger partial charge in [-0.1, -0.05) is 62.7 Å². The average molecular weight is 480 g/mol. The van der Waals surface area contributed by atoms with E-state index in [0.717, 1.165) is 23.1 Å². The molecular weight excluding hydrogens is 442 g/mol. The molecule has 35 heavy (non-hydrogen) atoms. The molecule has 0 spiro atoms. The van der Waals surface area contributed by atoms with Gasteiger partial charge in [0.05, 0.1) is 25.1 Å². The maximum Gasteiger partial charge on any atom is 0.305 e. The maximum atomic E-state index is 11.9. The van der Waals surface area contributed by atoms with Gasteiger partial charge in [0.1, 0.15) is 5.75 Å². The van der Waals surface area contributed by atoms with Crippen molar-refractivity contribution in [1.82, 2.24) is 25.5 Å². The second kappa shape index (κ2) is 10.6. The predicted molar refractivity (Wildman–Crippen MR) is 135 cm³/mol. The van der Waals surface area contributed by atoms with Gasteiger partial charge in [-0.3, -0.25) is 10.1 Å². The van der Waals surface area contributed by atoms with E-state index in [4.69, 9.17) is 4.74 Å². The number of aryl methyl sites for hydroxylation is 1. The first-order valence-electron chi connectivity index (χ1n) is 11.9. The number of methoxy groups -OCH3 is 1. The van der Waals surface area contributed by atoms with Crippen molar-refractivity contribution in [1.29, 1.82) is 0 Å². The van der Waals surface area contributed by atoms with E-state index < -0.39 is 18.1 Å². The molecule has 8 heteroatoms. The van der Waals surface area contributed by atoms with Crippen LogP contribution in [0.2, 0.25) is 0 Å². The summed E-state index contributed by atoms with van der Waals surface area (Å²) in [4.78, 5) is 11.9. The molecule has 2 atom stereocenters. The quantitative estimate of drug-likeness (QED) is 0.419. The fraction of sp³-hybridized carbons (Fsp3) is 0.481. The predicted octanol–water partition coefficient (Wildman–Crippen LogP) is 5.06. The zero-order chi connectivity index (χ0) is 25.8. The van der Waals surface area contributed by atoms with Crippen LogP contribution in [0.3, 0.4) is 0 Å². The molecule has 0 amide bonds. The highest BCUT2D eigenvalue weighted by Gasteiger charge is 2.34. The molecule has 0 bridgehead atoms. The minimum Gasteiger partial charge on any atom is -0.497 e. The largest absolute Gasteiger partial charge is 0.497 e. The van der Waals surface area contributed by atoms with Crippen molar-refractivity contribution >= 4 is 5.97 Å². The number of benzene rings is 2. The van der Waals surface area contributed by atoms with Crippen LogP contribution in [0, 0.1) is 12.3 Å². The van der Waals surface area contributed by atoms with Crippen LogP contribution in [0.15, 0.2) is 48.5 Å². The zero-order valence-corrected chi connectivity index (χ0v) is 21.7. The van der Waals surface area contributed by atoms with Gasteiger partial charge in [-0.05, 0) is 66.3 Å². The van der Waals surface area contributed by atoms with Crippen LogP contribution in [0.5, 0.6) is 5.75 Å². The molecule has 8 nitrogen and oxygen atoms in total. The molecular formula is C27H37N5O3. The molecule has 1 aromatic heterocycles. The fourth-order valence-corrected chi connectivity index (χ4v) is 4.85. The van der Waals surface area contributed by atoms with Crippen LogP contribution >= 0.6 is 0 Å². The molecule has 1 heterocycles. The Morgan fingerprint density at radius 3 is 2.40 bits per heavy atom. The number of aromatic nitrogens is 4. The number of carboxylic acids is 1. The number of nitrogens with zero attached hydrogens (tertiary/aromatic N) is 4. The van der Waals surface area contributed by atoms with Crippen LogP contribution in [-0.4, -0.2) is 38.4 Å². The fourth-order valence-electron chi connectivity index (χ4n) is 4.85. The Morgan fingerprint density at radius 2 is 1.77 bits per heavy atom. The summed E-state index contributed by atoms with van der Waals surface area (Å²) in [7, 11) is 1.62. The van der Waals surface area contributed by atoms with Crippen molar-refractivity contribution in [3.63, 3.8) is 0 Å². The van der Waals surface area contributed by atoms with Gasteiger partial charge in [0.15, 0.2) is 5.82 Å². The molecule has 0 fully saturated rings. The van der Waals surface area contributed by atoms with Crippen molar-refractivity contribution in [2.75, 3.05) is 7.11 Å². The lowest BCUT2D eigenvalue weighted by Crippen LogP contribution is -2.38. The Bertz CT molecular complexity index is 1150. The molecule has 3 rings (SSSR count). The van der Waals surface area contributed by atoms with Gasteiger partial charge in [0, 0.05) is 6.04 Å². The smallest absolute Gasteiger partial charge is 0.305 e. The Labute approximate surface area is 207 Å². The van der Waals surface area contributed by atoms with Gasteiger partial charge in [0.25, 0.3) is 0 Å². The van der Waals surface area contributed by atoms with E-state index in [2.05, 4.69) is 55.5 Å². The lowest BCUT2D eigenvalue weighted by atomic mass is 9.81. The van der Waals surface area contributed by atoms with E-state index >= 15 is 0 Å². The SMILES string of the molecule is COc1cccc(C(NC(CC(=O)O)c2cccc(C)c2)c2nnnn2C(C)(C)CC(C)(C)C)c1. The number of hydrogen-bond acceptors (Lipinski definition) is 6. The Hall–Kier alpha value is -3.26. The molecule has 0 radical (unpaired) electrons. The Morgan fingerprint density at radius 1 is 1.09 bits per heavy atom. The standard InChI is InChI=1S/C27H37N5O3/c1-18-10-8-11-19(14-18)22(16-23(33)34)28-24(20-12-9-13-21(15-20)35-7)25-29-30-31-32(25)27(5,6)17-26(2,3)4/h8-15,22,24,28H,16-17H2,1-7H3,(H,33,34). The van der Waals surface area contributed by atoms with Crippen LogP contribution < -0.4 is 10.1 Å². The summed E-state index contributed by atoms with van der Waals surface area (Å²) >= 11 is 0. The first kappa shape index (κ1) is 26.3. The van der Waals surface area contributed by atoms with Gasteiger partial charge >= 0.3 is 5.97 Å². The monoisotopic (exact) mass is 479 g/mol. The minimum atomic E-state index is -0.888. The molecule has 2 unspecified atom stereocenters. The van der Waals surface area contributed by atoms with Crippen LogP contribution in [0.1, 0.15) is 82.1 Å². The number of aliphatic carboxylic acids is 1. The summed E-state index contributed by atoms with van der Waals surface area (Å²) in [6.45, 7) is 12.8. The number of carbonyl (C=O) groups is 1. The van der Waals surface area contributed by atoms with Gasteiger partial charge in [-0.2, -0.15) is 0 Å². The van der Waals surface area contributed by atoms with Crippen molar-refractivity contribution in [3.8, 4) is 5.75 Å². The van der Waals surface area contributed by atoms with E-state index in [1.165, 1.54) is 0 Å². The summed E-state index contributed by atoms with van der Waals surface area (Å²) in [5.74, 6) is 0.434. The normalized spacial score (nSPS) is 13.9. The van der Waals surface area contributed by atoms with Crippen molar-refractivity contribution in [2.45, 2.75) is 72.0 Å². The highest BCUT2D eigenvalue weighted by molar-refractivity contribution is 5.68. The van der Waals surface area contributed by atoms with Gasteiger partial charge in [-0.15, -0.1) is 5.10 Å². The lowest BCUT2D eigenvalue weighted by molar-refractivity contribution is -0.137. The highest BCUT2D eigenvalue weighted by atomic mass is 16.5. The first-order valence-corrected chi connectivity index (χ1v) is 11.9. The number of ether oxygens (including phenoxy) is 1. The molecule has 0 aliphatic carbocycles. The molecule has 0 saturated heterocycles. The van der Waals surface area contributed by atoms with Gasteiger partial charge in [0.2, 0.25) is 0 Å². The third kappa shape index (κ3) is 6.88. The molecule has 0 aliphatic rings. The number of hydrogen-bond donors (Lipinski definition) is 2. The molecule has 2 aromatic carbocycles. The number of nitrogens with one attached hydrogen (secondary N) is 1. The third-order valence-electron chi connectivity index (χ3n) is 5.91. The Kier molecular flexibility index (Phi) is 7.95. The number of tetrazole rings is 1. The third-order valence-corrected chi connectivity index (χ3v) is 5.91. The molecule has 188 valence electrons.